The summed E-state index contributed by atoms with van der Waals surface area (Å²) >= 11 is 6.06. The molecule has 11 heteroatoms. The van der Waals surface area contributed by atoms with Gasteiger partial charge in [0.25, 0.3) is 5.91 Å². The Labute approximate surface area is 256 Å². The monoisotopic (exact) mass is 620 g/mol. The zero-order chi connectivity index (χ0) is 30.8. The van der Waals surface area contributed by atoms with Gasteiger partial charge in [0, 0.05) is 48.5 Å². The Kier molecular flexibility index (Phi) is 8.73. The minimum Gasteiger partial charge on any atom is -0.444 e. The highest BCUT2D eigenvalue weighted by Crippen LogP contribution is 2.26. The van der Waals surface area contributed by atoms with E-state index in [2.05, 4.69) is 10.3 Å². The van der Waals surface area contributed by atoms with Gasteiger partial charge >= 0.3 is 6.09 Å². The molecule has 0 unspecified atom stereocenters. The lowest BCUT2D eigenvalue weighted by Crippen LogP contribution is -2.50. The fourth-order valence-corrected chi connectivity index (χ4v) is 6.56. The Morgan fingerprint density at radius 1 is 0.930 bits per heavy atom. The summed E-state index contributed by atoms with van der Waals surface area (Å²) in [5.74, 6) is -0.163. The van der Waals surface area contributed by atoms with Crippen molar-refractivity contribution in [3.8, 4) is 11.1 Å². The number of hydrogen-bond donors (Lipinski definition) is 1. The highest BCUT2D eigenvalue weighted by molar-refractivity contribution is 7.89. The van der Waals surface area contributed by atoms with Crippen LogP contribution in [0, 0.1) is 0 Å². The van der Waals surface area contributed by atoms with Crippen molar-refractivity contribution in [1.82, 2.24) is 19.5 Å². The second-order valence-electron chi connectivity index (χ2n) is 11.3. The van der Waals surface area contributed by atoms with Crippen molar-refractivity contribution in [1.29, 1.82) is 0 Å². The van der Waals surface area contributed by atoms with Crippen molar-refractivity contribution in [2.45, 2.75) is 37.8 Å². The summed E-state index contributed by atoms with van der Waals surface area (Å²) in [6.45, 7) is 6.56. The van der Waals surface area contributed by atoms with Crippen molar-refractivity contribution in [2.75, 3.05) is 26.2 Å². The minimum absolute atomic E-state index is 0.163. The minimum atomic E-state index is -3.71. The lowest BCUT2D eigenvalue weighted by molar-refractivity contribution is 0.0522. The van der Waals surface area contributed by atoms with Crippen LogP contribution in [0.2, 0.25) is 5.02 Å². The topological polar surface area (TPSA) is 109 Å². The number of alkyl carbamates (subject to hydrolysis) is 1. The van der Waals surface area contributed by atoms with Crippen LogP contribution in [0.3, 0.4) is 0 Å². The molecule has 224 valence electrons. The third-order valence-corrected chi connectivity index (χ3v) is 9.20. The second kappa shape index (κ2) is 12.3. The number of aromatic nitrogens is 1. The van der Waals surface area contributed by atoms with Gasteiger partial charge in [0.15, 0.2) is 0 Å². The maximum atomic E-state index is 13.4. The number of carbonyl (C=O) groups is 2. The maximum Gasteiger partial charge on any atom is 0.407 e. The number of carbonyl (C=O) groups excluding carboxylic acids is 2. The molecule has 2 amide bonds. The molecule has 3 aromatic carbocycles. The van der Waals surface area contributed by atoms with Crippen LogP contribution < -0.4 is 5.32 Å². The maximum absolute atomic E-state index is 13.4. The van der Waals surface area contributed by atoms with Crippen LogP contribution in [0.25, 0.3) is 21.9 Å². The van der Waals surface area contributed by atoms with Gasteiger partial charge in [0.2, 0.25) is 10.0 Å². The van der Waals surface area contributed by atoms with E-state index in [1.807, 2.05) is 24.3 Å². The molecule has 0 atom stereocenters. The van der Waals surface area contributed by atoms with Crippen LogP contribution in [0.4, 0.5) is 4.79 Å². The predicted octanol–water partition coefficient (Wildman–Crippen LogP) is 5.73. The molecular formula is C32H33ClN4O5S. The molecule has 4 aromatic rings. The lowest BCUT2D eigenvalue weighted by Gasteiger charge is -2.34. The van der Waals surface area contributed by atoms with E-state index < -0.39 is 21.7 Å². The van der Waals surface area contributed by atoms with E-state index >= 15 is 0 Å². The average Bonchev–Trinajstić information content (AvgIpc) is 2.99. The van der Waals surface area contributed by atoms with E-state index in [4.69, 9.17) is 16.3 Å². The van der Waals surface area contributed by atoms with Gasteiger partial charge in [-0.15, -0.1) is 0 Å². The van der Waals surface area contributed by atoms with Gasteiger partial charge in [-0.05, 0) is 79.6 Å². The molecule has 0 spiro atoms. The Morgan fingerprint density at radius 3 is 2.30 bits per heavy atom. The largest absolute Gasteiger partial charge is 0.444 e. The molecule has 1 fully saturated rings. The van der Waals surface area contributed by atoms with E-state index in [0.717, 1.165) is 21.9 Å². The van der Waals surface area contributed by atoms with Crippen LogP contribution in [-0.2, 0) is 21.3 Å². The highest BCUT2D eigenvalue weighted by atomic mass is 35.5. The third kappa shape index (κ3) is 7.15. The number of nitrogens with zero attached hydrogens (tertiary/aromatic N) is 3. The Morgan fingerprint density at radius 2 is 1.60 bits per heavy atom. The number of piperazine rings is 1. The first-order valence-electron chi connectivity index (χ1n) is 13.9. The average molecular weight is 621 g/mol. The molecule has 5 rings (SSSR count). The summed E-state index contributed by atoms with van der Waals surface area (Å²) in [6.07, 6.45) is 1.13. The van der Waals surface area contributed by atoms with Crippen molar-refractivity contribution in [3.63, 3.8) is 0 Å². The molecule has 1 saturated heterocycles. The van der Waals surface area contributed by atoms with E-state index in [1.54, 1.807) is 80.4 Å². The third-order valence-electron chi connectivity index (χ3n) is 7.07. The Bertz CT molecular complexity index is 1760. The van der Waals surface area contributed by atoms with Crippen LogP contribution in [0.5, 0.6) is 0 Å². The van der Waals surface area contributed by atoms with Crippen LogP contribution in [-0.4, -0.2) is 66.4 Å². The second-order valence-corrected chi connectivity index (χ2v) is 13.7. The highest BCUT2D eigenvalue weighted by Gasteiger charge is 2.30. The van der Waals surface area contributed by atoms with Crippen molar-refractivity contribution < 1.29 is 22.7 Å². The molecule has 0 saturated carbocycles. The van der Waals surface area contributed by atoms with Gasteiger partial charge in [0.05, 0.1) is 17.1 Å². The first-order valence-corrected chi connectivity index (χ1v) is 15.7. The quantitative estimate of drug-likeness (QED) is 0.295. The molecule has 2 heterocycles. The summed E-state index contributed by atoms with van der Waals surface area (Å²) in [5.41, 5.74) is 2.24. The number of rotatable bonds is 6. The smallest absolute Gasteiger partial charge is 0.407 e. The number of nitrogens with one attached hydrogen (secondary N) is 1. The fourth-order valence-electron chi connectivity index (χ4n) is 4.92. The molecule has 9 nitrogen and oxygen atoms in total. The standard InChI is InChI=1S/C32H33ClN4O5S/c1-32(2,3)42-31(39)35-21-29-28(5-4-14-34-29)22-6-8-23(9-7-22)30(38)36-15-17-37(18-16-36)43(40,41)27-13-11-24-19-26(33)12-10-25(24)20-27/h4-14,19-20H,15-18,21H2,1-3H3,(H,35,39). The molecule has 0 bridgehead atoms. The van der Waals surface area contributed by atoms with E-state index in [9.17, 15) is 18.0 Å². The molecular weight excluding hydrogens is 588 g/mol. The van der Waals surface area contributed by atoms with Gasteiger partial charge in [-0.2, -0.15) is 4.31 Å². The summed E-state index contributed by atoms with van der Waals surface area (Å²) in [4.78, 5) is 31.7. The van der Waals surface area contributed by atoms with Crippen LogP contribution in [0.15, 0.2) is 83.9 Å². The molecule has 1 aliphatic heterocycles. The first-order chi connectivity index (χ1) is 20.4. The SMILES string of the molecule is CC(C)(C)OC(=O)NCc1ncccc1-c1ccc(C(=O)N2CCN(S(=O)(=O)c3ccc4cc(Cl)ccc4c3)CC2)cc1. The molecule has 0 aliphatic carbocycles. The Balaban J connectivity index is 1.22. The molecule has 43 heavy (non-hydrogen) atoms. The number of fused-ring (bicyclic) bond motifs is 1. The number of ether oxygens (including phenoxy) is 1. The summed E-state index contributed by atoms with van der Waals surface area (Å²) in [7, 11) is -3.71. The van der Waals surface area contributed by atoms with E-state index in [1.165, 1.54) is 4.31 Å². The van der Waals surface area contributed by atoms with Crippen molar-refractivity contribution >= 4 is 44.4 Å². The number of halogens is 1. The normalized spacial score (nSPS) is 14.5. The lowest BCUT2D eigenvalue weighted by atomic mass is 10.0. The van der Waals surface area contributed by atoms with Crippen LogP contribution >= 0.6 is 11.6 Å². The molecule has 1 aliphatic rings. The van der Waals surface area contributed by atoms with Gasteiger partial charge in [-0.3, -0.25) is 9.78 Å². The number of hydrogen-bond acceptors (Lipinski definition) is 6. The number of amides is 2. The van der Waals surface area contributed by atoms with E-state index in [0.29, 0.717) is 16.3 Å². The fraction of sp³-hybridized carbons (Fsp3) is 0.281. The molecule has 1 N–H and O–H groups in total. The first kappa shape index (κ1) is 30.5. The van der Waals surface area contributed by atoms with Gasteiger partial charge in [-0.25, -0.2) is 13.2 Å². The van der Waals surface area contributed by atoms with Crippen molar-refractivity contribution in [3.05, 3.63) is 95.3 Å². The number of benzene rings is 3. The molecule has 0 radical (unpaired) electrons. The van der Waals surface area contributed by atoms with Crippen LogP contribution in [0.1, 0.15) is 36.8 Å². The summed E-state index contributed by atoms with van der Waals surface area (Å²) in [5, 5.41) is 4.99. The van der Waals surface area contributed by atoms with Gasteiger partial charge in [-0.1, -0.05) is 41.9 Å². The van der Waals surface area contributed by atoms with Gasteiger partial charge in [0.1, 0.15) is 5.60 Å². The summed E-state index contributed by atoms with van der Waals surface area (Å²) < 4.78 is 33.4. The van der Waals surface area contributed by atoms with Gasteiger partial charge < -0.3 is 15.0 Å². The number of pyridine rings is 1. The summed E-state index contributed by atoms with van der Waals surface area (Å²) in [6, 6.07) is 21.2. The van der Waals surface area contributed by atoms with Crippen molar-refractivity contribution in [2.24, 2.45) is 0 Å². The predicted molar refractivity (Wildman–Crippen MR) is 166 cm³/mol. The molecule has 1 aromatic heterocycles. The zero-order valence-electron chi connectivity index (χ0n) is 24.2. The van der Waals surface area contributed by atoms with E-state index in [-0.39, 0.29) is 43.5 Å². The Hall–Kier alpha value is -3.99. The number of sulfonamides is 1. The zero-order valence-corrected chi connectivity index (χ0v) is 25.8.